The van der Waals surface area contributed by atoms with E-state index in [4.69, 9.17) is 16.3 Å². The molecule has 1 heterocycles. The molecule has 5 heteroatoms. The van der Waals surface area contributed by atoms with Gasteiger partial charge in [0.1, 0.15) is 0 Å². The summed E-state index contributed by atoms with van der Waals surface area (Å²) in [4.78, 5) is 4.08. The summed E-state index contributed by atoms with van der Waals surface area (Å²) in [7, 11) is 1.45. The Morgan fingerprint density at radius 1 is 1.47 bits per heavy atom. The van der Waals surface area contributed by atoms with Crippen LogP contribution in [-0.2, 0) is 12.4 Å². The predicted octanol–water partition coefficient (Wildman–Crippen LogP) is 2.82. The molecule has 0 saturated carbocycles. The number of ether oxygens (including phenoxy) is 1. The van der Waals surface area contributed by atoms with Crippen LogP contribution in [0.5, 0.6) is 5.75 Å². The van der Waals surface area contributed by atoms with Crippen LogP contribution in [0.1, 0.15) is 11.3 Å². The van der Waals surface area contributed by atoms with Crippen LogP contribution in [0.25, 0.3) is 0 Å². The second-order valence-corrected chi connectivity index (χ2v) is 3.87. The van der Waals surface area contributed by atoms with Crippen LogP contribution in [0.3, 0.4) is 0 Å². The maximum absolute atomic E-state index is 13.9. The Hall–Kier alpha value is -1.55. The van der Waals surface area contributed by atoms with Gasteiger partial charge in [-0.2, -0.15) is 0 Å². The average molecular weight is 255 g/mol. The molecule has 3 nitrogen and oxygen atoms in total. The summed E-state index contributed by atoms with van der Waals surface area (Å²) < 4.78 is 20.6. The number of alkyl halides is 1. The zero-order valence-corrected chi connectivity index (χ0v) is 10.1. The molecule has 0 atom stereocenters. The first-order valence-corrected chi connectivity index (χ1v) is 5.66. The minimum Gasteiger partial charge on any atom is -0.494 e. The van der Waals surface area contributed by atoms with E-state index in [1.807, 2.05) is 0 Å². The molecule has 17 heavy (non-hydrogen) atoms. The largest absolute Gasteiger partial charge is 0.494 e. The summed E-state index contributed by atoms with van der Waals surface area (Å²) in [5.74, 6) is 0.268. The van der Waals surface area contributed by atoms with Crippen molar-refractivity contribution in [3.8, 4) is 5.75 Å². The molecule has 0 aliphatic heterocycles. The molecular weight excluding hydrogens is 243 g/mol. The van der Waals surface area contributed by atoms with E-state index in [2.05, 4.69) is 4.98 Å². The number of methoxy groups -OCH3 is 1. The molecule has 0 amide bonds. The van der Waals surface area contributed by atoms with Crippen LogP contribution in [0, 0.1) is 5.82 Å². The summed E-state index contributed by atoms with van der Waals surface area (Å²) in [6, 6.07) is 5.08. The lowest BCUT2D eigenvalue weighted by Gasteiger charge is -2.07. The van der Waals surface area contributed by atoms with E-state index in [1.165, 1.54) is 7.11 Å². The van der Waals surface area contributed by atoms with Crippen molar-refractivity contribution in [2.24, 2.45) is 0 Å². The van der Waals surface area contributed by atoms with E-state index >= 15 is 0 Å². The second kappa shape index (κ2) is 5.19. The number of hydrogen-bond donors (Lipinski definition) is 0. The normalized spacial score (nSPS) is 10.5. The Balaban J connectivity index is 2.23. The molecular formula is C12H12ClFN2O. The van der Waals surface area contributed by atoms with Crippen molar-refractivity contribution in [3.63, 3.8) is 0 Å². The maximum Gasteiger partial charge on any atom is 0.170 e. The van der Waals surface area contributed by atoms with Crippen LogP contribution in [0.2, 0.25) is 0 Å². The first kappa shape index (κ1) is 11.9. The van der Waals surface area contributed by atoms with Crippen LogP contribution in [0.4, 0.5) is 4.39 Å². The lowest BCUT2D eigenvalue weighted by Crippen LogP contribution is -2.01. The zero-order chi connectivity index (χ0) is 12.3. The fraction of sp³-hybridized carbons (Fsp3) is 0.250. The number of rotatable bonds is 4. The van der Waals surface area contributed by atoms with Gasteiger partial charge in [0.05, 0.1) is 31.6 Å². The number of nitrogens with zero attached hydrogens (tertiary/aromatic N) is 2. The number of aromatic nitrogens is 2. The molecule has 0 N–H and O–H groups in total. The molecule has 0 spiro atoms. The molecule has 1 aromatic heterocycles. The van der Waals surface area contributed by atoms with Gasteiger partial charge in [-0.1, -0.05) is 12.1 Å². The number of halogens is 2. The highest BCUT2D eigenvalue weighted by Crippen LogP contribution is 2.20. The first-order chi connectivity index (χ1) is 8.24. The number of benzene rings is 1. The van der Waals surface area contributed by atoms with Crippen molar-refractivity contribution < 1.29 is 9.13 Å². The maximum atomic E-state index is 13.9. The monoisotopic (exact) mass is 254 g/mol. The fourth-order valence-electron chi connectivity index (χ4n) is 1.59. The highest BCUT2D eigenvalue weighted by Gasteiger charge is 2.08. The van der Waals surface area contributed by atoms with Gasteiger partial charge >= 0.3 is 0 Å². The third kappa shape index (κ3) is 2.58. The van der Waals surface area contributed by atoms with E-state index in [0.29, 0.717) is 18.0 Å². The van der Waals surface area contributed by atoms with E-state index in [-0.39, 0.29) is 11.6 Å². The molecule has 0 fully saturated rings. The number of hydrogen-bond acceptors (Lipinski definition) is 2. The lowest BCUT2D eigenvalue weighted by atomic mass is 10.2. The van der Waals surface area contributed by atoms with Gasteiger partial charge in [-0.25, -0.2) is 9.37 Å². The highest BCUT2D eigenvalue weighted by molar-refractivity contribution is 6.16. The second-order valence-electron chi connectivity index (χ2n) is 3.60. The Bertz CT molecular complexity index is 513. The van der Waals surface area contributed by atoms with Gasteiger partial charge in [0, 0.05) is 11.8 Å². The topological polar surface area (TPSA) is 27.1 Å². The Morgan fingerprint density at radius 3 is 2.94 bits per heavy atom. The molecule has 90 valence electrons. The van der Waals surface area contributed by atoms with Gasteiger partial charge < -0.3 is 9.30 Å². The van der Waals surface area contributed by atoms with E-state index in [1.54, 1.807) is 35.3 Å². The summed E-state index contributed by atoms with van der Waals surface area (Å²) in [5.41, 5.74) is 1.33. The van der Waals surface area contributed by atoms with E-state index in [0.717, 1.165) is 5.69 Å². The molecule has 2 aromatic rings. The SMILES string of the molecule is COc1cccc(Cn2cnc(CCl)c2)c1F. The van der Waals surface area contributed by atoms with E-state index in [9.17, 15) is 4.39 Å². The third-order valence-electron chi connectivity index (χ3n) is 2.44. The molecule has 0 unspecified atom stereocenters. The molecule has 0 aliphatic carbocycles. The molecule has 0 aliphatic rings. The van der Waals surface area contributed by atoms with Gasteiger partial charge in [-0.15, -0.1) is 11.6 Å². The minimum atomic E-state index is -0.337. The Labute approximate surface area is 104 Å². The van der Waals surface area contributed by atoms with Gasteiger partial charge in [0.2, 0.25) is 0 Å². The van der Waals surface area contributed by atoms with Crippen molar-refractivity contribution >= 4 is 11.6 Å². The lowest BCUT2D eigenvalue weighted by molar-refractivity contribution is 0.383. The van der Waals surface area contributed by atoms with Crippen LogP contribution in [0.15, 0.2) is 30.7 Å². The molecule has 0 saturated heterocycles. The van der Waals surface area contributed by atoms with Gasteiger partial charge in [-0.05, 0) is 6.07 Å². The molecule has 2 rings (SSSR count). The van der Waals surface area contributed by atoms with Crippen LogP contribution >= 0.6 is 11.6 Å². The predicted molar refractivity (Wildman–Crippen MR) is 63.8 cm³/mol. The van der Waals surface area contributed by atoms with Crippen molar-refractivity contribution in [1.29, 1.82) is 0 Å². The summed E-state index contributed by atoms with van der Waals surface area (Å²) in [5, 5.41) is 0. The Morgan fingerprint density at radius 2 is 2.29 bits per heavy atom. The van der Waals surface area contributed by atoms with Crippen molar-refractivity contribution in [3.05, 3.63) is 47.8 Å². The first-order valence-electron chi connectivity index (χ1n) is 5.12. The molecule has 0 bridgehead atoms. The summed E-state index contributed by atoms with van der Waals surface area (Å²) >= 11 is 5.65. The van der Waals surface area contributed by atoms with Crippen LogP contribution < -0.4 is 4.74 Å². The minimum absolute atomic E-state index is 0.250. The summed E-state index contributed by atoms with van der Waals surface area (Å²) in [6.07, 6.45) is 3.43. The highest BCUT2D eigenvalue weighted by atomic mass is 35.5. The smallest absolute Gasteiger partial charge is 0.170 e. The van der Waals surface area contributed by atoms with Crippen LogP contribution in [-0.4, -0.2) is 16.7 Å². The quantitative estimate of drug-likeness (QED) is 0.785. The van der Waals surface area contributed by atoms with Crippen molar-refractivity contribution in [2.45, 2.75) is 12.4 Å². The standard InChI is InChI=1S/C12H12ClFN2O/c1-17-11-4-2-3-9(12(11)14)6-16-7-10(5-13)15-8-16/h2-4,7-8H,5-6H2,1H3. The van der Waals surface area contributed by atoms with Crippen molar-refractivity contribution in [1.82, 2.24) is 9.55 Å². The van der Waals surface area contributed by atoms with Crippen molar-refractivity contribution in [2.75, 3.05) is 7.11 Å². The molecule has 1 aromatic carbocycles. The van der Waals surface area contributed by atoms with E-state index < -0.39 is 0 Å². The third-order valence-corrected chi connectivity index (χ3v) is 2.71. The average Bonchev–Trinajstić information content (AvgIpc) is 2.79. The van der Waals surface area contributed by atoms with Gasteiger partial charge in [-0.3, -0.25) is 0 Å². The fourth-order valence-corrected chi connectivity index (χ4v) is 1.73. The zero-order valence-electron chi connectivity index (χ0n) is 9.36. The number of imidazole rings is 1. The molecule has 0 radical (unpaired) electrons. The Kier molecular flexibility index (Phi) is 3.64. The van der Waals surface area contributed by atoms with Gasteiger partial charge in [0.15, 0.2) is 11.6 Å². The van der Waals surface area contributed by atoms with Gasteiger partial charge in [0.25, 0.3) is 0 Å². The summed E-state index contributed by atoms with van der Waals surface area (Å²) in [6.45, 7) is 0.410.